The third kappa shape index (κ3) is 4.27. The van der Waals surface area contributed by atoms with Gasteiger partial charge in [-0.3, -0.25) is 0 Å². The van der Waals surface area contributed by atoms with E-state index in [2.05, 4.69) is 52.7 Å². The van der Waals surface area contributed by atoms with Crippen molar-refractivity contribution in [2.24, 2.45) is 0 Å². The van der Waals surface area contributed by atoms with Crippen LogP contribution in [0.5, 0.6) is 11.6 Å². The lowest BCUT2D eigenvalue weighted by Crippen LogP contribution is -2.00. The first-order chi connectivity index (χ1) is 10.1. The maximum Gasteiger partial charge on any atom is 0.223 e. The average molecular weight is 349 g/mol. The summed E-state index contributed by atoms with van der Waals surface area (Å²) in [7, 11) is 0. The molecule has 0 aliphatic carbocycles. The van der Waals surface area contributed by atoms with Gasteiger partial charge in [-0.1, -0.05) is 39.0 Å². The number of aryl methyl sites for hydroxylation is 1. The molecule has 0 bridgehead atoms. The summed E-state index contributed by atoms with van der Waals surface area (Å²) in [5, 5.41) is 0. The van der Waals surface area contributed by atoms with E-state index in [-0.39, 0.29) is 0 Å². The lowest BCUT2D eigenvalue weighted by molar-refractivity contribution is 0.447. The van der Waals surface area contributed by atoms with Gasteiger partial charge in [0.15, 0.2) is 0 Å². The Bertz CT molecular complexity index is 601. The number of nitrogens with zero attached hydrogens (tertiary/aromatic N) is 2. The Balaban J connectivity index is 2.30. The quantitative estimate of drug-likeness (QED) is 0.646. The second kappa shape index (κ2) is 7.55. The molecule has 0 saturated heterocycles. The fourth-order valence-electron chi connectivity index (χ4n) is 2.14. The molecule has 1 unspecified atom stereocenters. The van der Waals surface area contributed by atoms with Crippen LogP contribution >= 0.6 is 15.9 Å². The Morgan fingerprint density at radius 2 is 1.95 bits per heavy atom. The van der Waals surface area contributed by atoms with Gasteiger partial charge in [-0.05, 0) is 46.3 Å². The van der Waals surface area contributed by atoms with Gasteiger partial charge in [0.05, 0.1) is 0 Å². The minimum atomic E-state index is 0.460. The van der Waals surface area contributed by atoms with Crippen LogP contribution in [-0.2, 0) is 6.42 Å². The monoisotopic (exact) mass is 348 g/mol. The maximum absolute atomic E-state index is 6.02. The predicted molar refractivity (Wildman–Crippen MR) is 88.9 cm³/mol. The average Bonchev–Trinajstić information content (AvgIpc) is 2.47. The van der Waals surface area contributed by atoms with Crippen molar-refractivity contribution in [3.63, 3.8) is 0 Å². The van der Waals surface area contributed by atoms with Gasteiger partial charge in [0.1, 0.15) is 16.2 Å². The summed E-state index contributed by atoms with van der Waals surface area (Å²) in [5.74, 6) is 2.74. The van der Waals surface area contributed by atoms with Crippen molar-refractivity contribution in [3.05, 3.63) is 46.3 Å². The number of hydrogen-bond donors (Lipinski definition) is 0. The molecular weight excluding hydrogens is 328 g/mol. The van der Waals surface area contributed by atoms with Crippen molar-refractivity contribution < 1.29 is 4.74 Å². The topological polar surface area (TPSA) is 35.0 Å². The van der Waals surface area contributed by atoms with Gasteiger partial charge >= 0.3 is 0 Å². The van der Waals surface area contributed by atoms with Crippen LogP contribution in [0.4, 0.5) is 0 Å². The van der Waals surface area contributed by atoms with E-state index in [0.717, 1.165) is 35.4 Å². The normalized spacial score (nSPS) is 12.2. The van der Waals surface area contributed by atoms with Gasteiger partial charge in [0.2, 0.25) is 5.88 Å². The van der Waals surface area contributed by atoms with E-state index in [1.165, 1.54) is 5.56 Å². The molecule has 1 atom stereocenters. The minimum Gasteiger partial charge on any atom is -0.439 e. The SMILES string of the molecule is CCCc1nc(Br)cc(Oc2ccccc2C(C)CC)n1. The maximum atomic E-state index is 6.02. The zero-order valence-electron chi connectivity index (χ0n) is 12.8. The van der Waals surface area contributed by atoms with Gasteiger partial charge < -0.3 is 4.74 Å². The van der Waals surface area contributed by atoms with Crippen LogP contribution in [0.2, 0.25) is 0 Å². The molecule has 0 aliphatic heterocycles. The highest BCUT2D eigenvalue weighted by atomic mass is 79.9. The smallest absolute Gasteiger partial charge is 0.223 e. The number of rotatable bonds is 6. The van der Waals surface area contributed by atoms with E-state index in [1.807, 2.05) is 24.3 Å². The molecule has 4 heteroatoms. The highest BCUT2D eigenvalue weighted by molar-refractivity contribution is 9.10. The summed E-state index contributed by atoms with van der Waals surface area (Å²) < 4.78 is 6.78. The summed E-state index contributed by atoms with van der Waals surface area (Å²) in [4.78, 5) is 8.85. The molecule has 1 heterocycles. The van der Waals surface area contributed by atoms with Crippen LogP contribution in [0.3, 0.4) is 0 Å². The van der Waals surface area contributed by atoms with Crippen LogP contribution in [0.25, 0.3) is 0 Å². The van der Waals surface area contributed by atoms with Crippen LogP contribution in [-0.4, -0.2) is 9.97 Å². The molecule has 3 nitrogen and oxygen atoms in total. The lowest BCUT2D eigenvalue weighted by Gasteiger charge is -2.15. The van der Waals surface area contributed by atoms with E-state index in [9.17, 15) is 0 Å². The van der Waals surface area contributed by atoms with E-state index < -0.39 is 0 Å². The minimum absolute atomic E-state index is 0.460. The highest BCUT2D eigenvalue weighted by Gasteiger charge is 2.12. The predicted octanol–water partition coefficient (Wildman–Crippen LogP) is 5.50. The third-order valence-corrected chi connectivity index (χ3v) is 3.87. The zero-order chi connectivity index (χ0) is 15.2. The van der Waals surface area contributed by atoms with Gasteiger partial charge in [0, 0.05) is 12.5 Å². The van der Waals surface area contributed by atoms with E-state index in [0.29, 0.717) is 11.8 Å². The summed E-state index contributed by atoms with van der Waals surface area (Å²) in [6, 6.07) is 9.97. The van der Waals surface area contributed by atoms with Crippen molar-refractivity contribution >= 4 is 15.9 Å². The highest BCUT2D eigenvalue weighted by Crippen LogP contribution is 2.31. The molecule has 0 spiro atoms. The largest absolute Gasteiger partial charge is 0.439 e. The molecule has 0 fully saturated rings. The lowest BCUT2D eigenvalue weighted by atomic mass is 9.98. The van der Waals surface area contributed by atoms with Crippen LogP contribution < -0.4 is 4.74 Å². The van der Waals surface area contributed by atoms with Crippen LogP contribution in [0.15, 0.2) is 34.9 Å². The van der Waals surface area contributed by atoms with E-state index in [1.54, 1.807) is 0 Å². The number of benzene rings is 1. The molecule has 2 aromatic rings. The Morgan fingerprint density at radius 3 is 2.67 bits per heavy atom. The Labute approximate surface area is 134 Å². The van der Waals surface area contributed by atoms with Gasteiger partial charge in [-0.25, -0.2) is 4.98 Å². The first-order valence-corrected chi connectivity index (χ1v) is 8.23. The van der Waals surface area contributed by atoms with Crippen molar-refractivity contribution in [2.75, 3.05) is 0 Å². The van der Waals surface area contributed by atoms with Crippen molar-refractivity contribution in [2.45, 2.75) is 46.0 Å². The zero-order valence-corrected chi connectivity index (χ0v) is 14.4. The Hall–Kier alpha value is -1.42. The number of hydrogen-bond acceptors (Lipinski definition) is 3. The Kier molecular flexibility index (Phi) is 5.74. The Morgan fingerprint density at radius 1 is 1.19 bits per heavy atom. The summed E-state index contributed by atoms with van der Waals surface area (Å²) in [6.07, 6.45) is 2.94. The molecular formula is C17H21BrN2O. The molecule has 1 aromatic carbocycles. The van der Waals surface area contributed by atoms with E-state index in [4.69, 9.17) is 4.74 Å². The molecule has 2 rings (SSSR count). The summed E-state index contributed by atoms with van der Waals surface area (Å²) in [6.45, 7) is 6.51. The molecule has 0 amide bonds. The van der Waals surface area contributed by atoms with Crippen molar-refractivity contribution in [3.8, 4) is 11.6 Å². The summed E-state index contributed by atoms with van der Waals surface area (Å²) >= 11 is 3.43. The molecule has 21 heavy (non-hydrogen) atoms. The fourth-order valence-corrected chi connectivity index (χ4v) is 2.54. The van der Waals surface area contributed by atoms with Crippen molar-refractivity contribution in [1.29, 1.82) is 0 Å². The second-order valence-corrected chi connectivity index (χ2v) is 5.96. The third-order valence-electron chi connectivity index (χ3n) is 3.47. The van der Waals surface area contributed by atoms with Crippen LogP contribution in [0.1, 0.15) is 50.9 Å². The van der Waals surface area contributed by atoms with Gasteiger partial charge in [0.25, 0.3) is 0 Å². The molecule has 0 N–H and O–H groups in total. The van der Waals surface area contributed by atoms with Crippen molar-refractivity contribution in [1.82, 2.24) is 9.97 Å². The number of halogens is 1. The second-order valence-electron chi connectivity index (χ2n) is 5.14. The number of ether oxygens (including phenoxy) is 1. The van der Waals surface area contributed by atoms with E-state index >= 15 is 0 Å². The fraction of sp³-hybridized carbons (Fsp3) is 0.412. The van der Waals surface area contributed by atoms with Gasteiger partial charge in [-0.2, -0.15) is 4.98 Å². The molecule has 0 radical (unpaired) electrons. The first kappa shape index (κ1) is 16.0. The standard InChI is InChI=1S/C17H21BrN2O/c1-4-8-16-19-15(18)11-17(20-16)21-14-10-7-6-9-13(14)12(3)5-2/h6-7,9-12H,4-5,8H2,1-3H3. The van der Waals surface area contributed by atoms with Crippen LogP contribution in [0, 0.1) is 0 Å². The molecule has 0 saturated carbocycles. The number of para-hydroxylation sites is 1. The molecule has 112 valence electrons. The first-order valence-electron chi connectivity index (χ1n) is 7.44. The molecule has 1 aromatic heterocycles. The summed E-state index contributed by atoms with van der Waals surface area (Å²) in [5.41, 5.74) is 1.21. The number of aromatic nitrogens is 2. The van der Waals surface area contributed by atoms with Gasteiger partial charge in [-0.15, -0.1) is 0 Å². The molecule has 0 aliphatic rings.